The first-order valence-electron chi connectivity index (χ1n) is 6.86. The summed E-state index contributed by atoms with van der Waals surface area (Å²) in [6.07, 6.45) is 0.966. The fraction of sp³-hybridized carbons (Fsp3) is 0.312. The van der Waals surface area contributed by atoms with E-state index in [-0.39, 0.29) is 5.91 Å². The molecule has 20 heavy (non-hydrogen) atoms. The van der Waals surface area contributed by atoms with Crippen LogP contribution >= 0.6 is 11.3 Å². The molecule has 1 aromatic carbocycles. The lowest BCUT2D eigenvalue weighted by Crippen LogP contribution is -2.34. The number of carbonyl (C=O) groups is 1. The molecule has 2 rings (SSSR count). The van der Waals surface area contributed by atoms with E-state index in [0.29, 0.717) is 19.6 Å². The maximum Gasteiger partial charge on any atom is 0.264 e. The van der Waals surface area contributed by atoms with Gasteiger partial charge in [0.2, 0.25) is 0 Å². The normalized spacial score (nSPS) is 10.5. The van der Waals surface area contributed by atoms with Crippen LogP contribution in [0.5, 0.6) is 0 Å². The summed E-state index contributed by atoms with van der Waals surface area (Å²) in [6.45, 7) is 3.76. The number of nitrogens with two attached hydrogens (primary N) is 1. The van der Waals surface area contributed by atoms with Crippen molar-refractivity contribution in [3.63, 3.8) is 0 Å². The number of aryl methyl sites for hydroxylation is 1. The molecular formula is C16H20N2OS. The van der Waals surface area contributed by atoms with Crippen LogP contribution in [-0.2, 0) is 13.0 Å². The van der Waals surface area contributed by atoms with E-state index in [4.69, 9.17) is 5.73 Å². The van der Waals surface area contributed by atoms with E-state index in [2.05, 4.69) is 6.92 Å². The number of hydrogen-bond acceptors (Lipinski definition) is 3. The topological polar surface area (TPSA) is 46.3 Å². The quantitative estimate of drug-likeness (QED) is 0.888. The molecule has 1 amide bonds. The Bertz CT molecular complexity index is 551. The molecule has 0 aliphatic rings. The van der Waals surface area contributed by atoms with Crippen molar-refractivity contribution in [2.24, 2.45) is 5.73 Å². The third-order valence-electron chi connectivity index (χ3n) is 3.12. The molecule has 0 radical (unpaired) electrons. The maximum absolute atomic E-state index is 12.5. The van der Waals surface area contributed by atoms with Crippen molar-refractivity contribution < 1.29 is 4.79 Å². The van der Waals surface area contributed by atoms with Gasteiger partial charge in [-0.1, -0.05) is 37.3 Å². The minimum absolute atomic E-state index is 0.0732. The Kier molecular flexibility index (Phi) is 5.32. The number of benzene rings is 1. The molecule has 2 N–H and O–H groups in total. The van der Waals surface area contributed by atoms with Crippen LogP contribution in [-0.4, -0.2) is 23.9 Å². The van der Waals surface area contributed by atoms with Gasteiger partial charge in [-0.25, -0.2) is 0 Å². The smallest absolute Gasteiger partial charge is 0.264 e. The molecule has 0 unspecified atom stereocenters. The Morgan fingerprint density at radius 3 is 2.55 bits per heavy atom. The predicted octanol–water partition coefficient (Wildman–Crippen LogP) is 2.91. The van der Waals surface area contributed by atoms with E-state index < -0.39 is 0 Å². The minimum atomic E-state index is 0.0732. The largest absolute Gasteiger partial charge is 0.332 e. The molecule has 4 heteroatoms. The van der Waals surface area contributed by atoms with Crippen LogP contribution < -0.4 is 5.73 Å². The van der Waals surface area contributed by atoms with Crippen LogP contribution in [0.2, 0.25) is 0 Å². The van der Waals surface area contributed by atoms with Crippen LogP contribution in [0.25, 0.3) is 0 Å². The maximum atomic E-state index is 12.5. The third kappa shape index (κ3) is 3.68. The molecule has 106 valence electrons. The molecular weight excluding hydrogens is 268 g/mol. The first-order valence-corrected chi connectivity index (χ1v) is 7.68. The molecule has 0 bridgehead atoms. The van der Waals surface area contributed by atoms with Gasteiger partial charge in [0.05, 0.1) is 4.88 Å². The number of amides is 1. The highest BCUT2D eigenvalue weighted by molar-refractivity contribution is 7.14. The molecule has 0 spiro atoms. The molecule has 0 fully saturated rings. The van der Waals surface area contributed by atoms with Crippen molar-refractivity contribution in [3.05, 3.63) is 57.8 Å². The Labute approximate surface area is 124 Å². The molecule has 0 aliphatic heterocycles. The average Bonchev–Trinajstić information content (AvgIpc) is 2.96. The van der Waals surface area contributed by atoms with E-state index in [1.807, 2.05) is 47.4 Å². The van der Waals surface area contributed by atoms with Gasteiger partial charge in [-0.15, -0.1) is 11.3 Å². The molecule has 0 saturated heterocycles. The highest BCUT2D eigenvalue weighted by Gasteiger charge is 2.17. The van der Waals surface area contributed by atoms with Crippen molar-refractivity contribution >= 4 is 17.2 Å². The summed E-state index contributed by atoms with van der Waals surface area (Å²) < 4.78 is 0. The monoisotopic (exact) mass is 288 g/mol. The standard InChI is InChI=1S/C16H20N2OS/c1-2-14-8-9-15(20-14)16(19)18(11-10-17)12-13-6-4-3-5-7-13/h3-9H,2,10-12,17H2,1H3. The van der Waals surface area contributed by atoms with Gasteiger partial charge in [0.25, 0.3) is 5.91 Å². The van der Waals surface area contributed by atoms with Crippen LogP contribution in [0.4, 0.5) is 0 Å². The first-order chi connectivity index (χ1) is 9.74. The Hall–Kier alpha value is -1.65. The second-order valence-corrected chi connectivity index (χ2v) is 5.79. The van der Waals surface area contributed by atoms with Crippen molar-refractivity contribution in [1.82, 2.24) is 4.90 Å². The van der Waals surface area contributed by atoms with E-state index in [9.17, 15) is 4.79 Å². The lowest BCUT2D eigenvalue weighted by atomic mass is 10.2. The van der Waals surface area contributed by atoms with Gasteiger partial charge in [0.15, 0.2) is 0 Å². The molecule has 1 heterocycles. The Balaban J connectivity index is 2.13. The Morgan fingerprint density at radius 1 is 1.20 bits per heavy atom. The third-order valence-corrected chi connectivity index (χ3v) is 4.34. The van der Waals surface area contributed by atoms with Gasteiger partial charge < -0.3 is 10.6 Å². The number of hydrogen-bond donors (Lipinski definition) is 1. The van der Waals surface area contributed by atoms with Crippen molar-refractivity contribution in [2.75, 3.05) is 13.1 Å². The van der Waals surface area contributed by atoms with E-state index in [0.717, 1.165) is 16.9 Å². The van der Waals surface area contributed by atoms with Crippen LogP contribution in [0.15, 0.2) is 42.5 Å². The zero-order chi connectivity index (χ0) is 14.4. The molecule has 3 nitrogen and oxygen atoms in total. The minimum Gasteiger partial charge on any atom is -0.332 e. The SMILES string of the molecule is CCc1ccc(C(=O)N(CCN)Cc2ccccc2)s1. The second-order valence-electron chi connectivity index (χ2n) is 4.62. The summed E-state index contributed by atoms with van der Waals surface area (Å²) in [4.78, 5) is 16.4. The number of rotatable bonds is 6. The summed E-state index contributed by atoms with van der Waals surface area (Å²) in [7, 11) is 0. The summed E-state index contributed by atoms with van der Waals surface area (Å²) in [5.41, 5.74) is 6.77. The van der Waals surface area contributed by atoms with Crippen molar-refractivity contribution in [1.29, 1.82) is 0 Å². The Morgan fingerprint density at radius 2 is 1.95 bits per heavy atom. The van der Waals surface area contributed by atoms with Gasteiger partial charge in [-0.2, -0.15) is 0 Å². The van der Waals surface area contributed by atoms with E-state index >= 15 is 0 Å². The molecule has 0 saturated carbocycles. The number of nitrogens with zero attached hydrogens (tertiary/aromatic N) is 1. The molecule has 0 aliphatic carbocycles. The lowest BCUT2D eigenvalue weighted by Gasteiger charge is -2.21. The lowest BCUT2D eigenvalue weighted by molar-refractivity contribution is 0.0753. The summed E-state index contributed by atoms with van der Waals surface area (Å²) in [5, 5.41) is 0. The average molecular weight is 288 g/mol. The van der Waals surface area contributed by atoms with Gasteiger partial charge >= 0.3 is 0 Å². The second kappa shape index (κ2) is 7.22. The highest BCUT2D eigenvalue weighted by atomic mass is 32.1. The summed E-state index contributed by atoms with van der Waals surface area (Å²) in [5.74, 6) is 0.0732. The van der Waals surface area contributed by atoms with Gasteiger partial charge in [-0.3, -0.25) is 4.79 Å². The van der Waals surface area contributed by atoms with Crippen molar-refractivity contribution in [2.45, 2.75) is 19.9 Å². The zero-order valence-electron chi connectivity index (χ0n) is 11.7. The van der Waals surface area contributed by atoms with Crippen molar-refractivity contribution in [3.8, 4) is 0 Å². The van der Waals surface area contributed by atoms with Gasteiger partial charge in [-0.05, 0) is 24.1 Å². The summed E-state index contributed by atoms with van der Waals surface area (Å²) >= 11 is 1.57. The molecule has 0 atom stereocenters. The van der Waals surface area contributed by atoms with Gasteiger partial charge in [0, 0.05) is 24.5 Å². The fourth-order valence-corrected chi connectivity index (χ4v) is 2.97. The number of carbonyl (C=O) groups excluding carboxylic acids is 1. The van der Waals surface area contributed by atoms with E-state index in [1.54, 1.807) is 11.3 Å². The zero-order valence-corrected chi connectivity index (χ0v) is 12.5. The van der Waals surface area contributed by atoms with Crippen LogP contribution in [0.1, 0.15) is 27.0 Å². The van der Waals surface area contributed by atoms with Crippen LogP contribution in [0.3, 0.4) is 0 Å². The summed E-state index contributed by atoms with van der Waals surface area (Å²) in [6, 6.07) is 14.0. The predicted molar refractivity (Wildman–Crippen MR) is 83.9 cm³/mol. The van der Waals surface area contributed by atoms with E-state index in [1.165, 1.54) is 4.88 Å². The highest BCUT2D eigenvalue weighted by Crippen LogP contribution is 2.19. The first kappa shape index (κ1) is 14.8. The fourth-order valence-electron chi connectivity index (χ4n) is 2.05. The molecule has 1 aromatic heterocycles. The van der Waals surface area contributed by atoms with Crippen LogP contribution in [0, 0.1) is 0 Å². The van der Waals surface area contributed by atoms with Gasteiger partial charge in [0.1, 0.15) is 0 Å². The number of thiophene rings is 1. The molecule has 2 aromatic rings.